The summed E-state index contributed by atoms with van der Waals surface area (Å²) in [6.07, 6.45) is 8.14. The Balaban J connectivity index is 2.16. The Morgan fingerprint density at radius 3 is 2.63 bits per heavy atom. The number of carbonyl (C=O) groups excluding carboxylic acids is 1. The lowest BCUT2D eigenvalue weighted by atomic mass is 9.93. The number of carboxylic acids is 1. The fourth-order valence-corrected chi connectivity index (χ4v) is 2.56. The Hall–Kier alpha value is -1.91. The zero-order valence-corrected chi connectivity index (χ0v) is 10.8. The number of nitrogens with zero attached hydrogens (tertiary/aromatic N) is 2. The maximum atomic E-state index is 12.4. The van der Waals surface area contributed by atoms with E-state index in [-0.39, 0.29) is 18.5 Å². The summed E-state index contributed by atoms with van der Waals surface area (Å²) in [4.78, 5) is 28.8. The summed E-state index contributed by atoms with van der Waals surface area (Å²) >= 11 is 0. The van der Waals surface area contributed by atoms with E-state index in [0.29, 0.717) is 5.56 Å². The van der Waals surface area contributed by atoms with E-state index in [4.69, 9.17) is 5.11 Å². The van der Waals surface area contributed by atoms with Crippen molar-refractivity contribution in [2.45, 2.75) is 38.1 Å². The molecule has 1 saturated carbocycles. The van der Waals surface area contributed by atoms with Gasteiger partial charge in [0.1, 0.15) is 6.54 Å². The minimum absolute atomic E-state index is 0.0394. The molecular formula is C14H18N2O3. The predicted molar refractivity (Wildman–Crippen MR) is 69.8 cm³/mol. The van der Waals surface area contributed by atoms with E-state index in [0.717, 1.165) is 25.7 Å². The third-order valence-corrected chi connectivity index (χ3v) is 3.49. The lowest BCUT2D eigenvalue weighted by molar-refractivity contribution is -0.138. The normalized spacial score (nSPS) is 16.0. The van der Waals surface area contributed by atoms with Crippen LogP contribution in [0.25, 0.3) is 0 Å². The summed E-state index contributed by atoms with van der Waals surface area (Å²) in [5, 5.41) is 9.00. The Labute approximate surface area is 112 Å². The third-order valence-electron chi connectivity index (χ3n) is 3.49. The van der Waals surface area contributed by atoms with Gasteiger partial charge in [-0.2, -0.15) is 0 Å². The van der Waals surface area contributed by atoms with Gasteiger partial charge in [0, 0.05) is 18.4 Å². The number of aromatic nitrogens is 1. The molecule has 0 atom stereocenters. The number of pyridine rings is 1. The molecule has 5 heteroatoms. The summed E-state index contributed by atoms with van der Waals surface area (Å²) in [6, 6.07) is 3.40. The number of amides is 1. The first-order chi connectivity index (χ1) is 9.18. The van der Waals surface area contributed by atoms with Crippen LogP contribution >= 0.6 is 0 Å². The molecule has 2 rings (SSSR count). The van der Waals surface area contributed by atoms with Crippen LogP contribution in [-0.4, -0.2) is 39.5 Å². The van der Waals surface area contributed by atoms with Crippen LogP contribution in [0, 0.1) is 0 Å². The number of hydrogen-bond acceptors (Lipinski definition) is 3. The third kappa shape index (κ3) is 3.53. The van der Waals surface area contributed by atoms with E-state index in [9.17, 15) is 9.59 Å². The van der Waals surface area contributed by atoms with E-state index < -0.39 is 5.97 Å². The maximum Gasteiger partial charge on any atom is 0.323 e. The highest BCUT2D eigenvalue weighted by molar-refractivity contribution is 5.95. The van der Waals surface area contributed by atoms with Crippen molar-refractivity contribution in [1.82, 2.24) is 9.88 Å². The SMILES string of the molecule is O=C(O)CN(C(=O)c1cccnc1)C1CCCCC1. The van der Waals surface area contributed by atoms with E-state index in [2.05, 4.69) is 4.98 Å². The monoisotopic (exact) mass is 262 g/mol. The molecule has 1 aromatic rings. The summed E-state index contributed by atoms with van der Waals surface area (Å²) in [6.45, 7) is -0.238. The molecule has 0 spiro atoms. The van der Waals surface area contributed by atoms with Crippen LogP contribution in [0.5, 0.6) is 0 Å². The molecule has 1 aromatic heterocycles. The van der Waals surface area contributed by atoms with E-state index in [1.165, 1.54) is 17.5 Å². The fourth-order valence-electron chi connectivity index (χ4n) is 2.56. The van der Waals surface area contributed by atoms with Gasteiger partial charge >= 0.3 is 5.97 Å². The molecule has 19 heavy (non-hydrogen) atoms. The molecule has 1 amide bonds. The standard InChI is InChI=1S/C14H18N2O3/c17-13(18)10-16(12-6-2-1-3-7-12)14(19)11-5-4-8-15-9-11/h4-5,8-9,12H,1-3,6-7,10H2,(H,17,18). The van der Waals surface area contributed by atoms with E-state index >= 15 is 0 Å². The summed E-state index contributed by atoms with van der Waals surface area (Å²) in [5.41, 5.74) is 0.453. The van der Waals surface area contributed by atoms with Gasteiger partial charge in [0.2, 0.25) is 0 Å². The van der Waals surface area contributed by atoms with Crippen molar-refractivity contribution in [2.24, 2.45) is 0 Å². The van der Waals surface area contributed by atoms with E-state index in [1.807, 2.05) is 0 Å². The molecule has 1 fully saturated rings. The Morgan fingerprint density at radius 2 is 2.05 bits per heavy atom. The van der Waals surface area contributed by atoms with Crippen molar-refractivity contribution >= 4 is 11.9 Å². The summed E-state index contributed by atoms with van der Waals surface area (Å²) in [7, 11) is 0. The first-order valence-electron chi connectivity index (χ1n) is 6.61. The summed E-state index contributed by atoms with van der Waals surface area (Å²) in [5.74, 6) is -1.20. The largest absolute Gasteiger partial charge is 0.480 e. The highest BCUT2D eigenvalue weighted by Gasteiger charge is 2.27. The maximum absolute atomic E-state index is 12.4. The number of aliphatic carboxylic acids is 1. The van der Waals surface area contributed by atoms with Gasteiger partial charge in [-0.25, -0.2) is 0 Å². The topological polar surface area (TPSA) is 70.5 Å². The second-order valence-electron chi connectivity index (χ2n) is 4.86. The van der Waals surface area contributed by atoms with Crippen molar-refractivity contribution in [3.63, 3.8) is 0 Å². The van der Waals surface area contributed by atoms with Crippen LogP contribution in [0.4, 0.5) is 0 Å². The highest BCUT2D eigenvalue weighted by Crippen LogP contribution is 2.23. The van der Waals surface area contributed by atoms with Gasteiger partial charge in [-0.05, 0) is 25.0 Å². The molecule has 5 nitrogen and oxygen atoms in total. The zero-order valence-electron chi connectivity index (χ0n) is 10.8. The molecular weight excluding hydrogens is 244 g/mol. The summed E-state index contributed by atoms with van der Waals surface area (Å²) < 4.78 is 0. The smallest absolute Gasteiger partial charge is 0.323 e. The molecule has 1 aliphatic carbocycles. The van der Waals surface area contributed by atoms with Gasteiger partial charge in [-0.15, -0.1) is 0 Å². The van der Waals surface area contributed by atoms with Gasteiger partial charge < -0.3 is 10.0 Å². The van der Waals surface area contributed by atoms with Crippen LogP contribution < -0.4 is 0 Å². The molecule has 1 N–H and O–H groups in total. The molecule has 0 bridgehead atoms. The van der Waals surface area contributed by atoms with Crippen LogP contribution in [-0.2, 0) is 4.79 Å². The van der Waals surface area contributed by atoms with Crippen LogP contribution in [0.15, 0.2) is 24.5 Å². The van der Waals surface area contributed by atoms with Crippen molar-refractivity contribution in [3.8, 4) is 0 Å². The van der Waals surface area contributed by atoms with Crippen LogP contribution in [0.1, 0.15) is 42.5 Å². The molecule has 0 aromatic carbocycles. The molecule has 0 radical (unpaired) electrons. The first kappa shape index (κ1) is 13.5. The van der Waals surface area contributed by atoms with Crippen molar-refractivity contribution < 1.29 is 14.7 Å². The molecule has 102 valence electrons. The number of rotatable bonds is 4. The predicted octanol–water partition coefficient (Wildman–Crippen LogP) is 1.94. The van der Waals surface area contributed by atoms with Gasteiger partial charge in [0.15, 0.2) is 0 Å². The number of carbonyl (C=O) groups is 2. The van der Waals surface area contributed by atoms with Crippen molar-refractivity contribution in [3.05, 3.63) is 30.1 Å². The van der Waals surface area contributed by atoms with Crippen molar-refractivity contribution in [1.29, 1.82) is 0 Å². The average molecular weight is 262 g/mol. The molecule has 0 unspecified atom stereocenters. The fraction of sp³-hybridized carbons (Fsp3) is 0.500. The quantitative estimate of drug-likeness (QED) is 0.900. The second kappa shape index (κ2) is 6.31. The number of hydrogen-bond donors (Lipinski definition) is 1. The molecule has 1 heterocycles. The minimum Gasteiger partial charge on any atom is -0.480 e. The molecule has 0 aliphatic heterocycles. The zero-order chi connectivity index (χ0) is 13.7. The minimum atomic E-state index is -0.970. The Kier molecular flexibility index (Phi) is 4.49. The molecule has 0 saturated heterocycles. The van der Waals surface area contributed by atoms with Crippen molar-refractivity contribution in [2.75, 3.05) is 6.54 Å². The Morgan fingerprint density at radius 1 is 1.32 bits per heavy atom. The molecule has 1 aliphatic rings. The van der Waals surface area contributed by atoms with Crippen LogP contribution in [0.2, 0.25) is 0 Å². The van der Waals surface area contributed by atoms with Crippen LogP contribution in [0.3, 0.4) is 0 Å². The Bertz CT molecular complexity index is 441. The van der Waals surface area contributed by atoms with Gasteiger partial charge in [0.25, 0.3) is 5.91 Å². The van der Waals surface area contributed by atoms with E-state index in [1.54, 1.807) is 18.3 Å². The average Bonchev–Trinajstić information content (AvgIpc) is 2.46. The lowest BCUT2D eigenvalue weighted by Gasteiger charge is -2.33. The second-order valence-corrected chi connectivity index (χ2v) is 4.86. The van der Waals surface area contributed by atoms with Gasteiger partial charge in [-0.1, -0.05) is 19.3 Å². The first-order valence-corrected chi connectivity index (χ1v) is 6.61. The van der Waals surface area contributed by atoms with Gasteiger partial charge in [0.05, 0.1) is 5.56 Å². The van der Waals surface area contributed by atoms with Gasteiger partial charge in [-0.3, -0.25) is 14.6 Å². The number of carboxylic acid groups (broad SMARTS) is 1. The highest BCUT2D eigenvalue weighted by atomic mass is 16.4. The lowest BCUT2D eigenvalue weighted by Crippen LogP contribution is -2.44.